The van der Waals surface area contributed by atoms with E-state index in [4.69, 9.17) is 16.3 Å². The van der Waals surface area contributed by atoms with Crippen LogP contribution in [0.15, 0.2) is 12.2 Å². The number of esters is 1. The molecular weight excluding hydrogens is 200 g/mol. The zero-order chi connectivity index (χ0) is 11.4. The van der Waals surface area contributed by atoms with Crippen LogP contribution in [0.3, 0.4) is 0 Å². The van der Waals surface area contributed by atoms with Crippen LogP contribution in [0.4, 0.5) is 0 Å². The summed E-state index contributed by atoms with van der Waals surface area (Å²) in [6, 6.07) is 0. The molecule has 0 spiro atoms. The van der Waals surface area contributed by atoms with Crippen LogP contribution in [0.25, 0.3) is 0 Å². The Morgan fingerprint density at radius 1 is 1.50 bits per heavy atom. The molecule has 0 heterocycles. The van der Waals surface area contributed by atoms with Crippen LogP contribution in [-0.4, -0.2) is 16.9 Å². The molecule has 0 aromatic heterocycles. The molecule has 0 aliphatic carbocycles. The number of carbonyl (C=O) groups is 1. The van der Waals surface area contributed by atoms with E-state index in [9.17, 15) is 4.79 Å². The Labute approximate surface area is 91.3 Å². The Morgan fingerprint density at radius 3 is 2.36 bits per heavy atom. The van der Waals surface area contributed by atoms with Crippen LogP contribution in [0.1, 0.15) is 40.5 Å². The first-order valence-corrected chi connectivity index (χ1v) is 5.17. The Balaban J connectivity index is 3.98. The van der Waals surface area contributed by atoms with E-state index >= 15 is 0 Å². The Bertz CT molecular complexity index is 221. The standard InChI is InChI=1S/C11H19ClO2/c1-8(2)10(12)6-7-11(4,5)14-9(3)13/h10H,1,6-7H2,2-5H3. The molecule has 14 heavy (non-hydrogen) atoms. The van der Waals surface area contributed by atoms with Gasteiger partial charge in [-0.15, -0.1) is 11.6 Å². The van der Waals surface area contributed by atoms with Gasteiger partial charge in [0.1, 0.15) is 5.60 Å². The second-order valence-corrected chi connectivity index (χ2v) is 4.73. The number of rotatable bonds is 5. The van der Waals surface area contributed by atoms with Crippen LogP contribution in [-0.2, 0) is 9.53 Å². The van der Waals surface area contributed by atoms with Crippen molar-refractivity contribution < 1.29 is 9.53 Å². The highest BCUT2D eigenvalue weighted by atomic mass is 35.5. The molecule has 0 aromatic carbocycles. The van der Waals surface area contributed by atoms with Gasteiger partial charge in [-0.2, -0.15) is 0 Å². The van der Waals surface area contributed by atoms with Gasteiger partial charge < -0.3 is 4.74 Å². The van der Waals surface area contributed by atoms with Crippen molar-refractivity contribution in [1.82, 2.24) is 0 Å². The molecular formula is C11H19ClO2. The summed E-state index contributed by atoms with van der Waals surface area (Å²) < 4.78 is 5.14. The average Bonchev–Trinajstić information content (AvgIpc) is 1.97. The lowest BCUT2D eigenvalue weighted by Gasteiger charge is -2.25. The Kier molecular flexibility index (Phi) is 5.21. The van der Waals surface area contributed by atoms with Crippen molar-refractivity contribution in [2.24, 2.45) is 0 Å². The molecule has 0 aliphatic heterocycles. The molecule has 82 valence electrons. The summed E-state index contributed by atoms with van der Waals surface area (Å²) in [5.74, 6) is -0.253. The maximum atomic E-state index is 10.8. The second kappa shape index (κ2) is 5.40. The first kappa shape index (κ1) is 13.5. The van der Waals surface area contributed by atoms with Crippen LogP contribution < -0.4 is 0 Å². The summed E-state index contributed by atoms with van der Waals surface area (Å²) in [7, 11) is 0. The molecule has 3 heteroatoms. The maximum Gasteiger partial charge on any atom is 0.303 e. The normalized spacial score (nSPS) is 13.5. The summed E-state index contributed by atoms with van der Waals surface area (Å²) in [5, 5.41) is -0.0372. The number of hydrogen-bond acceptors (Lipinski definition) is 2. The highest BCUT2D eigenvalue weighted by Gasteiger charge is 2.22. The third-order valence-corrected chi connectivity index (χ3v) is 2.55. The van der Waals surface area contributed by atoms with E-state index in [0.717, 1.165) is 18.4 Å². The number of carbonyl (C=O) groups excluding carboxylic acids is 1. The fourth-order valence-corrected chi connectivity index (χ4v) is 1.27. The van der Waals surface area contributed by atoms with Gasteiger partial charge in [0.2, 0.25) is 0 Å². The summed E-state index contributed by atoms with van der Waals surface area (Å²) >= 11 is 6.02. The fourth-order valence-electron chi connectivity index (χ4n) is 1.16. The number of halogens is 1. The van der Waals surface area contributed by atoms with E-state index in [2.05, 4.69) is 6.58 Å². The van der Waals surface area contributed by atoms with Crippen molar-refractivity contribution in [2.45, 2.75) is 51.5 Å². The van der Waals surface area contributed by atoms with Crippen molar-refractivity contribution in [3.8, 4) is 0 Å². The molecule has 1 unspecified atom stereocenters. The van der Waals surface area contributed by atoms with Gasteiger partial charge in [-0.1, -0.05) is 12.2 Å². The highest BCUT2D eigenvalue weighted by molar-refractivity contribution is 6.22. The quantitative estimate of drug-likeness (QED) is 0.402. The molecule has 0 saturated heterocycles. The van der Waals surface area contributed by atoms with Crippen LogP contribution in [0, 0.1) is 0 Å². The molecule has 0 rings (SSSR count). The predicted octanol–water partition coefficient (Wildman–Crippen LogP) is 3.29. The highest BCUT2D eigenvalue weighted by Crippen LogP contribution is 2.22. The summed E-state index contributed by atoms with van der Waals surface area (Å²) in [6.45, 7) is 10.9. The average molecular weight is 219 g/mol. The lowest BCUT2D eigenvalue weighted by Crippen LogP contribution is -2.27. The summed E-state index contributed by atoms with van der Waals surface area (Å²) in [4.78, 5) is 10.8. The van der Waals surface area contributed by atoms with Gasteiger partial charge in [0.25, 0.3) is 0 Å². The third kappa shape index (κ3) is 6.03. The lowest BCUT2D eigenvalue weighted by atomic mass is 9.99. The zero-order valence-corrected chi connectivity index (χ0v) is 10.1. The maximum absolute atomic E-state index is 10.8. The molecule has 1 atom stereocenters. The molecule has 0 amide bonds. The van der Waals surface area contributed by atoms with Crippen molar-refractivity contribution >= 4 is 17.6 Å². The van der Waals surface area contributed by atoms with Gasteiger partial charge in [0.05, 0.1) is 5.38 Å². The smallest absolute Gasteiger partial charge is 0.303 e. The predicted molar refractivity (Wildman–Crippen MR) is 59.5 cm³/mol. The fraction of sp³-hybridized carbons (Fsp3) is 0.727. The first-order chi connectivity index (χ1) is 6.24. The van der Waals surface area contributed by atoms with Gasteiger partial charge in [-0.05, 0) is 33.6 Å². The van der Waals surface area contributed by atoms with Crippen LogP contribution >= 0.6 is 11.6 Å². The molecule has 0 fully saturated rings. The van der Waals surface area contributed by atoms with Crippen molar-refractivity contribution in [3.05, 3.63) is 12.2 Å². The molecule has 2 nitrogen and oxygen atoms in total. The second-order valence-electron chi connectivity index (χ2n) is 4.21. The lowest BCUT2D eigenvalue weighted by molar-refractivity contribution is -0.154. The minimum absolute atomic E-state index is 0.0372. The molecule has 0 N–H and O–H groups in total. The van der Waals surface area contributed by atoms with Crippen molar-refractivity contribution in [3.63, 3.8) is 0 Å². The molecule has 0 radical (unpaired) electrons. The van der Waals surface area contributed by atoms with Gasteiger partial charge in [-0.25, -0.2) is 0 Å². The van der Waals surface area contributed by atoms with Gasteiger partial charge in [0.15, 0.2) is 0 Å². The van der Waals surface area contributed by atoms with Crippen molar-refractivity contribution in [2.75, 3.05) is 0 Å². The minimum atomic E-state index is -0.436. The van der Waals surface area contributed by atoms with E-state index in [1.54, 1.807) is 0 Å². The molecule has 0 aliphatic rings. The summed E-state index contributed by atoms with van der Waals surface area (Å²) in [6.07, 6.45) is 1.52. The third-order valence-electron chi connectivity index (χ3n) is 1.95. The monoisotopic (exact) mass is 218 g/mol. The molecule has 0 saturated carbocycles. The molecule has 0 aromatic rings. The van der Waals surface area contributed by atoms with Crippen LogP contribution in [0.5, 0.6) is 0 Å². The number of alkyl halides is 1. The number of hydrogen-bond donors (Lipinski definition) is 0. The largest absolute Gasteiger partial charge is 0.460 e. The van der Waals surface area contributed by atoms with E-state index in [1.807, 2.05) is 20.8 Å². The summed E-state index contributed by atoms with van der Waals surface area (Å²) in [5.41, 5.74) is 0.513. The van der Waals surface area contributed by atoms with Crippen molar-refractivity contribution in [1.29, 1.82) is 0 Å². The Morgan fingerprint density at radius 2 is 2.00 bits per heavy atom. The minimum Gasteiger partial charge on any atom is -0.460 e. The molecule has 0 bridgehead atoms. The van der Waals surface area contributed by atoms with Gasteiger partial charge >= 0.3 is 5.97 Å². The SMILES string of the molecule is C=C(C)C(Cl)CCC(C)(C)OC(C)=O. The number of allylic oxidation sites excluding steroid dienone is 1. The Hall–Kier alpha value is -0.500. The van der Waals surface area contributed by atoms with Gasteiger partial charge in [0, 0.05) is 6.92 Å². The topological polar surface area (TPSA) is 26.3 Å². The van der Waals surface area contributed by atoms with Crippen LogP contribution in [0.2, 0.25) is 0 Å². The first-order valence-electron chi connectivity index (χ1n) is 4.73. The van der Waals surface area contributed by atoms with E-state index in [-0.39, 0.29) is 11.3 Å². The van der Waals surface area contributed by atoms with E-state index < -0.39 is 5.60 Å². The van der Waals surface area contributed by atoms with E-state index in [0.29, 0.717) is 0 Å². The van der Waals surface area contributed by atoms with Gasteiger partial charge in [-0.3, -0.25) is 4.79 Å². The van der Waals surface area contributed by atoms with E-state index in [1.165, 1.54) is 6.92 Å². The zero-order valence-electron chi connectivity index (χ0n) is 9.39. The number of ether oxygens (including phenoxy) is 1.